The zero-order valence-corrected chi connectivity index (χ0v) is 18.4. The second-order valence-electron chi connectivity index (χ2n) is 7.75. The first kappa shape index (κ1) is 22.3. The van der Waals surface area contributed by atoms with E-state index >= 15 is 0 Å². The van der Waals surface area contributed by atoms with Gasteiger partial charge in [0.15, 0.2) is 6.61 Å². The van der Waals surface area contributed by atoms with Gasteiger partial charge in [-0.3, -0.25) is 4.68 Å². The van der Waals surface area contributed by atoms with Crippen molar-refractivity contribution in [3.8, 4) is 28.3 Å². The summed E-state index contributed by atoms with van der Waals surface area (Å²) >= 11 is 0. The van der Waals surface area contributed by atoms with Crippen LogP contribution in [0.2, 0.25) is 0 Å². The zero-order valence-electron chi connectivity index (χ0n) is 18.4. The van der Waals surface area contributed by atoms with Crippen molar-refractivity contribution in [1.82, 2.24) is 9.78 Å². The molecule has 0 unspecified atom stereocenters. The largest absolute Gasteiger partial charge is 0.481 e. The number of rotatable bonds is 9. The van der Waals surface area contributed by atoms with Crippen LogP contribution in [0.4, 0.5) is 4.39 Å². The number of aryl methyl sites for hydroxylation is 3. The number of aliphatic carboxylic acids is 1. The summed E-state index contributed by atoms with van der Waals surface area (Å²) < 4.78 is 21.0. The van der Waals surface area contributed by atoms with Gasteiger partial charge in [0.2, 0.25) is 0 Å². The van der Waals surface area contributed by atoms with Gasteiger partial charge in [-0.15, -0.1) is 0 Å². The summed E-state index contributed by atoms with van der Waals surface area (Å²) in [6.45, 7) is 2.26. The van der Waals surface area contributed by atoms with Crippen molar-refractivity contribution in [2.75, 3.05) is 6.61 Å². The maximum atomic E-state index is 13.5. The average Bonchev–Trinajstić information content (AvgIpc) is 3.26. The molecule has 33 heavy (non-hydrogen) atoms. The number of hydrogen-bond donors (Lipinski definition) is 1. The summed E-state index contributed by atoms with van der Waals surface area (Å²) in [6, 6.07) is 24.1. The maximum Gasteiger partial charge on any atom is 0.341 e. The fourth-order valence-corrected chi connectivity index (χ4v) is 3.71. The Balaban J connectivity index is 1.75. The number of ether oxygens (including phenoxy) is 1. The Morgan fingerprint density at radius 1 is 1.00 bits per heavy atom. The SMILES string of the molecule is CCc1ccc(OCC(=O)O)c(-c2cc(-c3ccc(F)cc3)n(CCc3ccccc3)n2)c1. The topological polar surface area (TPSA) is 64.3 Å². The second kappa shape index (κ2) is 10.1. The van der Waals surface area contributed by atoms with E-state index in [2.05, 4.69) is 19.1 Å². The molecule has 4 rings (SSSR count). The minimum Gasteiger partial charge on any atom is -0.481 e. The molecule has 0 amide bonds. The summed E-state index contributed by atoms with van der Waals surface area (Å²) in [5.41, 5.74) is 5.40. The van der Waals surface area contributed by atoms with Gasteiger partial charge in [0, 0.05) is 17.7 Å². The van der Waals surface area contributed by atoms with Gasteiger partial charge in [-0.25, -0.2) is 9.18 Å². The van der Waals surface area contributed by atoms with Gasteiger partial charge in [-0.05, 0) is 66.4 Å². The van der Waals surface area contributed by atoms with E-state index < -0.39 is 12.6 Å². The first-order valence-electron chi connectivity index (χ1n) is 10.9. The lowest BCUT2D eigenvalue weighted by Crippen LogP contribution is -2.10. The summed E-state index contributed by atoms with van der Waals surface area (Å²) in [6.07, 6.45) is 1.61. The molecular formula is C27H25FN2O3. The van der Waals surface area contributed by atoms with E-state index in [1.807, 2.05) is 41.1 Å². The normalized spacial score (nSPS) is 10.8. The van der Waals surface area contributed by atoms with E-state index in [9.17, 15) is 9.18 Å². The van der Waals surface area contributed by atoms with Crippen LogP contribution in [-0.4, -0.2) is 27.5 Å². The van der Waals surface area contributed by atoms with E-state index in [4.69, 9.17) is 14.9 Å². The van der Waals surface area contributed by atoms with Crippen LogP contribution in [0.3, 0.4) is 0 Å². The second-order valence-corrected chi connectivity index (χ2v) is 7.75. The van der Waals surface area contributed by atoms with Crippen molar-refractivity contribution in [3.05, 3.63) is 95.8 Å². The Labute approximate surface area is 192 Å². The highest BCUT2D eigenvalue weighted by Crippen LogP contribution is 2.34. The molecular weight excluding hydrogens is 419 g/mol. The maximum absolute atomic E-state index is 13.5. The van der Waals surface area contributed by atoms with E-state index in [-0.39, 0.29) is 5.82 Å². The predicted molar refractivity (Wildman–Crippen MR) is 126 cm³/mol. The Bertz CT molecular complexity index is 1230. The third kappa shape index (κ3) is 5.47. The van der Waals surface area contributed by atoms with Crippen molar-refractivity contribution >= 4 is 5.97 Å². The number of aromatic nitrogens is 2. The van der Waals surface area contributed by atoms with E-state index in [0.717, 1.165) is 35.2 Å². The van der Waals surface area contributed by atoms with Crippen LogP contribution in [0.5, 0.6) is 5.75 Å². The fraction of sp³-hybridized carbons (Fsp3) is 0.185. The number of carbonyl (C=O) groups is 1. The molecule has 1 N–H and O–H groups in total. The summed E-state index contributed by atoms with van der Waals surface area (Å²) in [5.74, 6) is -0.872. The van der Waals surface area contributed by atoms with Gasteiger partial charge in [0.1, 0.15) is 11.6 Å². The molecule has 0 bridgehead atoms. The highest BCUT2D eigenvalue weighted by molar-refractivity contribution is 5.74. The first-order valence-corrected chi connectivity index (χ1v) is 10.9. The van der Waals surface area contributed by atoms with Crippen LogP contribution in [0, 0.1) is 5.82 Å². The van der Waals surface area contributed by atoms with Crippen LogP contribution in [-0.2, 0) is 24.2 Å². The van der Waals surface area contributed by atoms with Gasteiger partial charge in [0.05, 0.1) is 11.4 Å². The average molecular weight is 445 g/mol. The summed E-state index contributed by atoms with van der Waals surface area (Å²) in [4.78, 5) is 11.1. The molecule has 0 atom stereocenters. The molecule has 0 saturated heterocycles. The van der Waals surface area contributed by atoms with Crippen LogP contribution in [0.1, 0.15) is 18.1 Å². The molecule has 0 aliphatic carbocycles. The summed E-state index contributed by atoms with van der Waals surface area (Å²) in [5, 5.41) is 13.9. The minimum atomic E-state index is -1.04. The van der Waals surface area contributed by atoms with Crippen LogP contribution >= 0.6 is 0 Å². The van der Waals surface area contributed by atoms with Gasteiger partial charge >= 0.3 is 5.97 Å². The monoisotopic (exact) mass is 444 g/mol. The molecule has 5 nitrogen and oxygen atoms in total. The molecule has 1 aromatic heterocycles. The third-order valence-corrected chi connectivity index (χ3v) is 5.45. The van der Waals surface area contributed by atoms with E-state index in [1.54, 1.807) is 18.2 Å². The summed E-state index contributed by atoms with van der Waals surface area (Å²) in [7, 11) is 0. The molecule has 0 saturated carbocycles. The molecule has 6 heteroatoms. The van der Waals surface area contributed by atoms with Gasteiger partial charge in [-0.2, -0.15) is 5.10 Å². The highest BCUT2D eigenvalue weighted by atomic mass is 19.1. The van der Waals surface area contributed by atoms with Crippen molar-refractivity contribution in [2.45, 2.75) is 26.3 Å². The number of carboxylic acids is 1. The van der Waals surface area contributed by atoms with Crippen molar-refractivity contribution in [2.24, 2.45) is 0 Å². The van der Waals surface area contributed by atoms with Crippen molar-refractivity contribution < 1.29 is 19.0 Å². The van der Waals surface area contributed by atoms with E-state index in [1.165, 1.54) is 17.7 Å². The molecule has 3 aromatic carbocycles. The zero-order chi connectivity index (χ0) is 23.2. The molecule has 0 aliphatic rings. The quantitative estimate of drug-likeness (QED) is 0.364. The number of halogens is 1. The molecule has 4 aromatic rings. The molecule has 1 heterocycles. The molecule has 0 fully saturated rings. The standard InChI is InChI=1S/C27H25FN2O3/c1-2-19-8-13-26(33-18-27(31)32)23(16-19)24-17-25(21-9-11-22(28)12-10-21)30(29-24)15-14-20-6-4-3-5-7-20/h3-13,16-17H,2,14-15,18H2,1H3,(H,31,32). The fourth-order valence-electron chi connectivity index (χ4n) is 3.71. The van der Waals surface area contributed by atoms with Gasteiger partial charge < -0.3 is 9.84 Å². The Morgan fingerprint density at radius 2 is 1.76 bits per heavy atom. The highest BCUT2D eigenvalue weighted by Gasteiger charge is 2.16. The van der Waals surface area contributed by atoms with Crippen molar-refractivity contribution in [1.29, 1.82) is 0 Å². The number of carboxylic acid groups (broad SMARTS) is 1. The van der Waals surface area contributed by atoms with Crippen LogP contribution in [0.15, 0.2) is 78.9 Å². The van der Waals surface area contributed by atoms with Gasteiger partial charge in [-0.1, -0.05) is 43.3 Å². The number of benzene rings is 3. The molecule has 0 radical (unpaired) electrons. The Hall–Kier alpha value is -3.93. The Kier molecular flexibility index (Phi) is 6.83. The predicted octanol–water partition coefficient (Wildman–Crippen LogP) is 5.62. The minimum absolute atomic E-state index is 0.297. The molecule has 0 aliphatic heterocycles. The lowest BCUT2D eigenvalue weighted by Gasteiger charge is -2.10. The van der Waals surface area contributed by atoms with E-state index in [0.29, 0.717) is 18.0 Å². The van der Waals surface area contributed by atoms with Crippen molar-refractivity contribution in [3.63, 3.8) is 0 Å². The molecule has 168 valence electrons. The third-order valence-electron chi connectivity index (χ3n) is 5.45. The lowest BCUT2D eigenvalue weighted by atomic mass is 10.0. The van der Waals surface area contributed by atoms with Gasteiger partial charge in [0.25, 0.3) is 0 Å². The Morgan fingerprint density at radius 3 is 2.45 bits per heavy atom. The number of nitrogens with zero attached hydrogens (tertiary/aromatic N) is 2. The smallest absolute Gasteiger partial charge is 0.341 e. The number of hydrogen-bond acceptors (Lipinski definition) is 3. The molecule has 0 spiro atoms. The van der Waals surface area contributed by atoms with Crippen LogP contribution < -0.4 is 4.74 Å². The first-order chi connectivity index (χ1) is 16.0. The lowest BCUT2D eigenvalue weighted by molar-refractivity contribution is -0.139. The van der Waals surface area contributed by atoms with Crippen LogP contribution in [0.25, 0.3) is 22.5 Å².